The number of benzene rings is 1. The summed E-state index contributed by atoms with van der Waals surface area (Å²) in [5.74, 6) is 0. The molecule has 0 aromatic heterocycles. The minimum Gasteiger partial charge on any atom is -0.298 e. The molecule has 3 heteroatoms. The van der Waals surface area contributed by atoms with E-state index >= 15 is 0 Å². The third kappa shape index (κ3) is 1.64. The fourth-order valence-electron chi connectivity index (χ4n) is 1.60. The van der Waals surface area contributed by atoms with Crippen LogP contribution in [0.3, 0.4) is 0 Å². The zero-order chi connectivity index (χ0) is 10.7. The molecule has 0 bridgehead atoms. The SMILES string of the molecule is O=CC(C=O)=C1N=CCc2ccccc21. The third-order valence-corrected chi connectivity index (χ3v) is 2.33. The first kappa shape index (κ1) is 9.52. The fourth-order valence-corrected chi connectivity index (χ4v) is 1.60. The topological polar surface area (TPSA) is 46.5 Å². The van der Waals surface area contributed by atoms with Gasteiger partial charge in [0.15, 0.2) is 12.6 Å². The van der Waals surface area contributed by atoms with E-state index in [0.717, 1.165) is 17.5 Å². The summed E-state index contributed by atoms with van der Waals surface area (Å²) in [6, 6.07) is 7.63. The van der Waals surface area contributed by atoms with E-state index in [1.165, 1.54) is 0 Å². The van der Waals surface area contributed by atoms with Crippen molar-refractivity contribution >= 4 is 24.5 Å². The second-order valence-corrected chi connectivity index (χ2v) is 3.21. The number of allylic oxidation sites excluding steroid dienone is 1. The van der Waals surface area contributed by atoms with Crippen LogP contribution in [0.1, 0.15) is 11.1 Å². The average Bonchev–Trinajstić information content (AvgIpc) is 2.31. The summed E-state index contributed by atoms with van der Waals surface area (Å²) < 4.78 is 0. The van der Waals surface area contributed by atoms with Crippen molar-refractivity contribution in [2.75, 3.05) is 0 Å². The van der Waals surface area contributed by atoms with Crippen LogP contribution in [0.15, 0.2) is 34.8 Å². The first-order chi connectivity index (χ1) is 7.36. The number of carbonyl (C=O) groups is 2. The van der Waals surface area contributed by atoms with E-state index in [-0.39, 0.29) is 5.57 Å². The smallest absolute Gasteiger partial charge is 0.155 e. The monoisotopic (exact) mass is 199 g/mol. The van der Waals surface area contributed by atoms with Crippen LogP contribution >= 0.6 is 0 Å². The van der Waals surface area contributed by atoms with Crippen LogP contribution < -0.4 is 0 Å². The Bertz CT molecular complexity index is 462. The number of aldehydes is 2. The molecule has 15 heavy (non-hydrogen) atoms. The van der Waals surface area contributed by atoms with E-state index in [1.807, 2.05) is 24.3 Å². The van der Waals surface area contributed by atoms with Gasteiger partial charge in [-0.15, -0.1) is 0 Å². The van der Waals surface area contributed by atoms with Crippen LogP contribution in [0.5, 0.6) is 0 Å². The average molecular weight is 199 g/mol. The number of rotatable bonds is 2. The van der Waals surface area contributed by atoms with Crippen LogP contribution in [0.2, 0.25) is 0 Å². The van der Waals surface area contributed by atoms with Gasteiger partial charge in [0.2, 0.25) is 0 Å². The zero-order valence-electron chi connectivity index (χ0n) is 8.01. The molecule has 1 aromatic rings. The van der Waals surface area contributed by atoms with Crippen LogP contribution in [0.4, 0.5) is 0 Å². The summed E-state index contributed by atoms with van der Waals surface area (Å²) in [4.78, 5) is 25.5. The predicted octanol–water partition coefficient (Wildman–Crippen LogP) is 1.42. The van der Waals surface area contributed by atoms with Crippen molar-refractivity contribution in [2.45, 2.75) is 6.42 Å². The molecule has 1 aliphatic rings. The second-order valence-electron chi connectivity index (χ2n) is 3.21. The Kier molecular flexibility index (Phi) is 2.54. The number of nitrogens with zero attached hydrogens (tertiary/aromatic N) is 1. The lowest BCUT2D eigenvalue weighted by Crippen LogP contribution is -2.03. The lowest BCUT2D eigenvalue weighted by molar-refractivity contribution is -0.109. The summed E-state index contributed by atoms with van der Waals surface area (Å²) in [5.41, 5.74) is 2.53. The Morgan fingerprint density at radius 2 is 1.93 bits per heavy atom. The lowest BCUT2D eigenvalue weighted by atomic mass is 9.98. The lowest BCUT2D eigenvalue weighted by Gasteiger charge is -2.13. The molecule has 1 aliphatic heterocycles. The summed E-state index contributed by atoms with van der Waals surface area (Å²) in [5, 5.41) is 0. The Balaban J connectivity index is 2.65. The van der Waals surface area contributed by atoms with Crippen molar-refractivity contribution < 1.29 is 9.59 Å². The molecule has 1 heterocycles. The van der Waals surface area contributed by atoms with Gasteiger partial charge in [-0.2, -0.15) is 0 Å². The number of hydrogen-bond donors (Lipinski definition) is 0. The molecule has 0 saturated carbocycles. The molecule has 0 fully saturated rings. The third-order valence-electron chi connectivity index (χ3n) is 2.33. The minimum atomic E-state index is 0.0957. The van der Waals surface area contributed by atoms with Crippen LogP contribution in [-0.4, -0.2) is 18.8 Å². The van der Waals surface area contributed by atoms with Gasteiger partial charge in [-0.25, -0.2) is 0 Å². The molecule has 3 nitrogen and oxygen atoms in total. The normalized spacial score (nSPS) is 13.2. The molecule has 0 saturated heterocycles. The largest absolute Gasteiger partial charge is 0.298 e. The maximum Gasteiger partial charge on any atom is 0.155 e. The molecule has 74 valence electrons. The quantitative estimate of drug-likeness (QED) is 0.313. The van der Waals surface area contributed by atoms with Crippen molar-refractivity contribution in [3.8, 4) is 0 Å². The second kappa shape index (κ2) is 4.00. The highest BCUT2D eigenvalue weighted by Crippen LogP contribution is 2.25. The van der Waals surface area contributed by atoms with Gasteiger partial charge in [0.05, 0.1) is 11.3 Å². The van der Waals surface area contributed by atoms with Gasteiger partial charge < -0.3 is 0 Å². The van der Waals surface area contributed by atoms with E-state index in [4.69, 9.17) is 0 Å². The van der Waals surface area contributed by atoms with Crippen molar-refractivity contribution in [1.29, 1.82) is 0 Å². The molecule has 0 aliphatic carbocycles. The minimum absolute atomic E-state index is 0.0957. The number of carbonyl (C=O) groups excluding carboxylic acids is 2. The van der Waals surface area contributed by atoms with E-state index in [0.29, 0.717) is 18.3 Å². The summed E-state index contributed by atoms with van der Waals surface area (Å²) >= 11 is 0. The molecule has 0 radical (unpaired) electrons. The molecule has 0 atom stereocenters. The first-order valence-electron chi connectivity index (χ1n) is 4.62. The maximum absolute atomic E-state index is 10.7. The number of aliphatic imine (C=N–C) groups is 1. The molecule has 0 N–H and O–H groups in total. The van der Waals surface area contributed by atoms with Crippen LogP contribution in [-0.2, 0) is 16.0 Å². The van der Waals surface area contributed by atoms with Gasteiger partial charge in [0, 0.05) is 18.2 Å². The fraction of sp³-hybridized carbons (Fsp3) is 0.0833. The van der Waals surface area contributed by atoms with Crippen molar-refractivity contribution in [1.82, 2.24) is 0 Å². The number of hydrogen-bond acceptors (Lipinski definition) is 3. The molecule has 0 unspecified atom stereocenters. The van der Waals surface area contributed by atoms with Crippen molar-refractivity contribution in [3.05, 3.63) is 41.0 Å². The summed E-state index contributed by atoms with van der Waals surface area (Å²) in [7, 11) is 0. The molecule has 1 aromatic carbocycles. The highest BCUT2D eigenvalue weighted by molar-refractivity contribution is 6.09. The standard InChI is InChI=1S/C12H9NO2/c14-7-10(8-15)12-11-4-2-1-3-9(11)5-6-13-12/h1-4,6-8H,5H2. The highest BCUT2D eigenvalue weighted by atomic mass is 16.1. The Morgan fingerprint density at radius 1 is 1.20 bits per heavy atom. The van der Waals surface area contributed by atoms with E-state index in [1.54, 1.807) is 6.21 Å². The van der Waals surface area contributed by atoms with E-state index in [2.05, 4.69) is 4.99 Å². The van der Waals surface area contributed by atoms with Crippen LogP contribution in [0, 0.1) is 0 Å². The van der Waals surface area contributed by atoms with Crippen molar-refractivity contribution in [3.63, 3.8) is 0 Å². The molecular formula is C12H9NO2. The molecular weight excluding hydrogens is 190 g/mol. The molecule has 0 spiro atoms. The summed E-state index contributed by atoms with van der Waals surface area (Å²) in [6.45, 7) is 0. The van der Waals surface area contributed by atoms with Crippen LogP contribution in [0.25, 0.3) is 5.70 Å². The van der Waals surface area contributed by atoms with Gasteiger partial charge in [0.1, 0.15) is 0 Å². The Morgan fingerprint density at radius 3 is 2.67 bits per heavy atom. The zero-order valence-corrected chi connectivity index (χ0v) is 8.01. The van der Waals surface area contributed by atoms with Gasteiger partial charge in [-0.3, -0.25) is 14.6 Å². The van der Waals surface area contributed by atoms with E-state index in [9.17, 15) is 9.59 Å². The first-order valence-corrected chi connectivity index (χ1v) is 4.62. The van der Waals surface area contributed by atoms with Gasteiger partial charge in [-0.1, -0.05) is 24.3 Å². The number of fused-ring (bicyclic) bond motifs is 1. The highest BCUT2D eigenvalue weighted by Gasteiger charge is 2.13. The predicted molar refractivity (Wildman–Crippen MR) is 57.7 cm³/mol. The van der Waals surface area contributed by atoms with Crippen molar-refractivity contribution in [2.24, 2.45) is 4.99 Å². The summed E-state index contributed by atoms with van der Waals surface area (Å²) in [6.07, 6.45) is 3.54. The Labute approximate surface area is 87.1 Å². The van der Waals surface area contributed by atoms with Gasteiger partial charge in [-0.05, 0) is 5.56 Å². The van der Waals surface area contributed by atoms with E-state index < -0.39 is 0 Å². The van der Waals surface area contributed by atoms with Gasteiger partial charge >= 0.3 is 0 Å². The molecule has 2 rings (SSSR count). The maximum atomic E-state index is 10.7. The van der Waals surface area contributed by atoms with Gasteiger partial charge in [0.25, 0.3) is 0 Å². The molecule has 0 amide bonds. The Hall–Kier alpha value is -2.03.